The number of thiazole rings is 1. The van der Waals surface area contributed by atoms with Gasteiger partial charge in [0.15, 0.2) is 16.3 Å². The monoisotopic (exact) mass is 588 g/mol. The van der Waals surface area contributed by atoms with Crippen LogP contribution in [0.1, 0.15) is 41.6 Å². The van der Waals surface area contributed by atoms with Gasteiger partial charge in [-0.05, 0) is 49.7 Å². The normalized spacial score (nSPS) is 14.7. The number of furan rings is 1. The molecule has 0 unspecified atom stereocenters. The Labute approximate surface area is 244 Å². The summed E-state index contributed by atoms with van der Waals surface area (Å²) in [5.74, 6) is 0.755. The Kier molecular flexibility index (Phi) is 8.12. The molecule has 0 amide bonds. The number of allylic oxidation sites excluding steroid dienone is 1. The number of fused-ring (bicyclic) bond motifs is 1. The van der Waals surface area contributed by atoms with Gasteiger partial charge in [0.1, 0.15) is 11.5 Å². The summed E-state index contributed by atoms with van der Waals surface area (Å²) in [7, 11) is 4.36. The molecule has 1 atom stereocenters. The quantitative estimate of drug-likeness (QED) is 0.285. The average molecular weight is 589 g/mol. The molecule has 0 spiro atoms. The van der Waals surface area contributed by atoms with Crippen LogP contribution in [0.4, 0.5) is 0 Å². The minimum atomic E-state index is -0.818. The highest BCUT2D eigenvalue weighted by Crippen LogP contribution is 2.36. The Balaban J connectivity index is 1.65. The van der Waals surface area contributed by atoms with Crippen molar-refractivity contribution >= 4 is 29.4 Å². The molecule has 2 aromatic carbocycles. The van der Waals surface area contributed by atoms with Gasteiger partial charge in [0.2, 0.25) is 0 Å². The Morgan fingerprint density at radius 2 is 1.79 bits per heavy atom. The van der Waals surface area contributed by atoms with E-state index < -0.39 is 18.0 Å². The van der Waals surface area contributed by atoms with Crippen LogP contribution >= 0.6 is 11.3 Å². The molecule has 4 aromatic rings. The van der Waals surface area contributed by atoms with Crippen LogP contribution in [-0.2, 0) is 14.3 Å². The highest BCUT2D eigenvalue weighted by Gasteiger charge is 2.34. The fourth-order valence-corrected chi connectivity index (χ4v) is 5.85. The zero-order valence-corrected chi connectivity index (χ0v) is 24.4. The number of carbonyl (C=O) groups is 2. The first-order valence-electron chi connectivity index (χ1n) is 13.0. The lowest BCUT2D eigenvalue weighted by Gasteiger charge is -2.25. The minimum absolute atomic E-state index is 0.165. The molecular weight excluding hydrogens is 560 g/mol. The van der Waals surface area contributed by atoms with E-state index in [9.17, 15) is 14.4 Å². The highest BCUT2D eigenvalue weighted by atomic mass is 32.1. The van der Waals surface area contributed by atoms with Crippen molar-refractivity contribution in [1.29, 1.82) is 0 Å². The van der Waals surface area contributed by atoms with E-state index in [1.807, 2.05) is 0 Å². The SMILES string of the molecule is CCOC(=O)C1=C(C)N=c2sc(=Cc3ccc(-c4ccccc4C(=O)OC)o3)c(=O)n2[C@H]1c1ccc(OC)c(OC)c1. The summed E-state index contributed by atoms with van der Waals surface area (Å²) >= 11 is 1.17. The number of hydrogen-bond acceptors (Lipinski definition) is 10. The summed E-state index contributed by atoms with van der Waals surface area (Å²) in [6.07, 6.45) is 1.61. The molecule has 0 radical (unpaired) electrons. The molecule has 1 aliphatic rings. The predicted octanol–water partition coefficient (Wildman–Crippen LogP) is 3.86. The van der Waals surface area contributed by atoms with Gasteiger partial charge < -0.3 is 23.4 Å². The van der Waals surface area contributed by atoms with Crippen LogP contribution in [0.2, 0.25) is 0 Å². The minimum Gasteiger partial charge on any atom is -0.493 e. The van der Waals surface area contributed by atoms with Gasteiger partial charge in [0, 0.05) is 11.6 Å². The largest absolute Gasteiger partial charge is 0.493 e. The maximum atomic E-state index is 13.9. The van der Waals surface area contributed by atoms with Crippen molar-refractivity contribution in [3.05, 3.63) is 102 Å². The first-order valence-corrected chi connectivity index (χ1v) is 13.8. The van der Waals surface area contributed by atoms with Gasteiger partial charge in [-0.3, -0.25) is 9.36 Å². The standard InChI is InChI=1S/C31H28N2O8S/c1-6-40-30(36)26-17(2)32-31-33(27(26)18-11-13-23(37-3)24(15-18)38-4)28(34)25(42-31)16-19-12-14-22(41-19)20-9-7-8-10-21(20)29(35)39-5/h7-16,27H,6H2,1-5H3/t27-/m0/s1. The third kappa shape index (κ3) is 5.14. The Morgan fingerprint density at radius 1 is 1.02 bits per heavy atom. The van der Waals surface area contributed by atoms with E-state index in [-0.39, 0.29) is 17.7 Å². The van der Waals surface area contributed by atoms with Gasteiger partial charge >= 0.3 is 11.9 Å². The molecule has 0 bridgehead atoms. The predicted molar refractivity (Wildman–Crippen MR) is 155 cm³/mol. The number of esters is 2. The second kappa shape index (κ2) is 11.9. The topological polar surface area (TPSA) is 119 Å². The summed E-state index contributed by atoms with van der Waals surface area (Å²) in [6, 6.07) is 14.8. The second-order valence-corrected chi connectivity index (χ2v) is 10.2. The lowest BCUT2D eigenvalue weighted by Crippen LogP contribution is -2.39. The fourth-order valence-electron chi connectivity index (χ4n) is 4.82. The van der Waals surface area contributed by atoms with E-state index in [1.165, 1.54) is 37.2 Å². The molecular formula is C31H28N2O8S. The van der Waals surface area contributed by atoms with Gasteiger partial charge in [-0.25, -0.2) is 14.6 Å². The first-order chi connectivity index (χ1) is 20.3. The Hall–Kier alpha value is -4.90. The molecule has 1 aliphatic heterocycles. The fraction of sp³-hybridized carbons (Fsp3) is 0.226. The van der Waals surface area contributed by atoms with E-state index in [0.717, 1.165) is 0 Å². The van der Waals surface area contributed by atoms with Crippen molar-refractivity contribution in [3.63, 3.8) is 0 Å². The zero-order chi connectivity index (χ0) is 30.0. The molecule has 0 saturated carbocycles. The number of benzene rings is 2. The molecule has 3 heterocycles. The van der Waals surface area contributed by atoms with Crippen LogP contribution in [0.5, 0.6) is 11.5 Å². The number of carbonyl (C=O) groups excluding carboxylic acids is 2. The molecule has 42 heavy (non-hydrogen) atoms. The van der Waals surface area contributed by atoms with E-state index in [0.29, 0.717) is 54.7 Å². The number of ether oxygens (including phenoxy) is 4. The molecule has 10 nitrogen and oxygen atoms in total. The molecule has 0 saturated heterocycles. The summed E-state index contributed by atoms with van der Waals surface area (Å²) in [5.41, 5.74) is 1.88. The Bertz CT molecular complexity index is 1900. The van der Waals surface area contributed by atoms with E-state index in [2.05, 4.69) is 4.99 Å². The van der Waals surface area contributed by atoms with Crippen molar-refractivity contribution in [2.75, 3.05) is 27.9 Å². The molecule has 0 aliphatic carbocycles. The van der Waals surface area contributed by atoms with E-state index >= 15 is 0 Å². The smallest absolute Gasteiger partial charge is 0.338 e. The maximum Gasteiger partial charge on any atom is 0.338 e. The van der Waals surface area contributed by atoms with Gasteiger partial charge in [0.05, 0.1) is 55.3 Å². The van der Waals surface area contributed by atoms with Crippen molar-refractivity contribution in [2.45, 2.75) is 19.9 Å². The summed E-state index contributed by atoms with van der Waals surface area (Å²) in [4.78, 5) is 44.3. The lowest BCUT2D eigenvalue weighted by atomic mass is 9.95. The van der Waals surface area contributed by atoms with Gasteiger partial charge in [-0.1, -0.05) is 35.6 Å². The van der Waals surface area contributed by atoms with Crippen molar-refractivity contribution in [1.82, 2.24) is 4.57 Å². The molecule has 11 heteroatoms. The van der Waals surface area contributed by atoms with Crippen LogP contribution in [0.3, 0.4) is 0 Å². The van der Waals surface area contributed by atoms with Crippen LogP contribution in [0, 0.1) is 0 Å². The van der Waals surface area contributed by atoms with E-state index in [4.69, 9.17) is 23.4 Å². The highest BCUT2D eigenvalue weighted by molar-refractivity contribution is 7.07. The maximum absolute atomic E-state index is 13.9. The van der Waals surface area contributed by atoms with Gasteiger partial charge in [-0.2, -0.15) is 0 Å². The summed E-state index contributed by atoms with van der Waals surface area (Å²) in [6.45, 7) is 3.60. The third-order valence-electron chi connectivity index (χ3n) is 6.74. The Morgan fingerprint density at radius 3 is 2.50 bits per heavy atom. The second-order valence-electron chi connectivity index (χ2n) is 9.16. The van der Waals surface area contributed by atoms with Gasteiger partial charge in [0.25, 0.3) is 5.56 Å². The molecule has 2 aromatic heterocycles. The third-order valence-corrected chi connectivity index (χ3v) is 7.72. The van der Waals surface area contributed by atoms with Crippen molar-refractivity contribution < 1.29 is 33.0 Å². The molecule has 5 rings (SSSR count). The number of methoxy groups -OCH3 is 3. The van der Waals surface area contributed by atoms with Crippen LogP contribution in [0.15, 0.2) is 80.1 Å². The number of nitrogens with zero attached hydrogens (tertiary/aromatic N) is 2. The zero-order valence-electron chi connectivity index (χ0n) is 23.6. The van der Waals surface area contributed by atoms with Crippen LogP contribution in [0.25, 0.3) is 17.4 Å². The molecule has 0 fully saturated rings. The van der Waals surface area contributed by atoms with E-state index in [1.54, 1.807) is 74.5 Å². The van der Waals surface area contributed by atoms with Crippen molar-refractivity contribution in [2.24, 2.45) is 4.99 Å². The molecule has 0 N–H and O–H groups in total. The number of aromatic nitrogens is 1. The average Bonchev–Trinajstić information content (AvgIpc) is 3.59. The van der Waals surface area contributed by atoms with Crippen LogP contribution in [-0.4, -0.2) is 44.4 Å². The number of hydrogen-bond donors (Lipinski definition) is 0. The number of rotatable bonds is 8. The van der Waals surface area contributed by atoms with Crippen molar-refractivity contribution in [3.8, 4) is 22.8 Å². The molecule has 216 valence electrons. The van der Waals surface area contributed by atoms with Crippen LogP contribution < -0.4 is 24.4 Å². The first kappa shape index (κ1) is 28.6. The lowest BCUT2D eigenvalue weighted by molar-refractivity contribution is -0.139. The summed E-state index contributed by atoms with van der Waals surface area (Å²) in [5, 5.41) is 0. The summed E-state index contributed by atoms with van der Waals surface area (Å²) < 4.78 is 29.0. The van der Waals surface area contributed by atoms with Gasteiger partial charge in [-0.15, -0.1) is 0 Å².